The highest BCUT2D eigenvalue weighted by Gasteiger charge is 2.33. The van der Waals surface area contributed by atoms with Gasteiger partial charge in [0.1, 0.15) is 0 Å². The van der Waals surface area contributed by atoms with Crippen molar-refractivity contribution in [2.24, 2.45) is 11.3 Å². The Hall–Kier alpha value is -0.570. The van der Waals surface area contributed by atoms with Gasteiger partial charge in [-0.15, -0.1) is 0 Å². The standard InChI is InChI=1S/C16H30N2O/c1-16(2)10-4-3-5-14(16)18-15(19)7-6-13-8-11-17-12-9-13/h13-14,17H,3-12H2,1-2H3,(H,18,19). The lowest BCUT2D eigenvalue weighted by molar-refractivity contribution is -0.123. The van der Waals surface area contributed by atoms with E-state index in [0.717, 1.165) is 38.3 Å². The van der Waals surface area contributed by atoms with Gasteiger partial charge in [-0.25, -0.2) is 0 Å². The first-order valence-electron chi connectivity index (χ1n) is 8.08. The summed E-state index contributed by atoms with van der Waals surface area (Å²) in [4.78, 5) is 12.1. The van der Waals surface area contributed by atoms with Crippen LogP contribution in [-0.2, 0) is 4.79 Å². The first kappa shape index (κ1) is 14.8. The second-order valence-electron chi connectivity index (χ2n) is 7.09. The van der Waals surface area contributed by atoms with Crippen LogP contribution in [0.1, 0.15) is 65.2 Å². The molecule has 1 amide bonds. The third kappa shape index (κ3) is 4.48. The number of piperidine rings is 1. The number of carbonyl (C=O) groups is 1. The molecule has 110 valence electrons. The van der Waals surface area contributed by atoms with Gasteiger partial charge in [-0.05, 0) is 56.5 Å². The van der Waals surface area contributed by atoms with E-state index in [1.807, 2.05) is 0 Å². The molecule has 0 spiro atoms. The zero-order chi connectivity index (χ0) is 13.7. The van der Waals surface area contributed by atoms with E-state index in [1.54, 1.807) is 0 Å². The summed E-state index contributed by atoms with van der Waals surface area (Å²) in [5.74, 6) is 1.03. The van der Waals surface area contributed by atoms with Gasteiger partial charge in [-0.1, -0.05) is 26.7 Å². The highest BCUT2D eigenvalue weighted by Crippen LogP contribution is 2.35. The Labute approximate surface area is 117 Å². The summed E-state index contributed by atoms with van der Waals surface area (Å²) in [5.41, 5.74) is 0.280. The Morgan fingerprint density at radius 1 is 1.21 bits per heavy atom. The number of carbonyl (C=O) groups excluding carboxylic acids is 1. The van der Waals surface area contributed by atoms with Gasteiger partial charge >= 0.3 is 0 Å². The minimum atomic E-state index is 0.276. The lowest BCUT2D eigenvalue weighted by Gasteiger charge is -2.39. The molecule has 3 nitrogen and oxygen atoms in total. The van der Waals surface area contributed by atoms with Gasteiger partial charge in [-0.2, -0.15) is 0 Å². The zero-order valence-corrected chi connectivity index (χ0v) is 12.6. The van der Waals surface area contributed by atoms with Crippen molar-refractivity contribution in [3.63, 3.8) is 0 Å². The van der Waals surface area contributed by atoms with Gasteiger partial charge in [0.25, 0.3) is 0 Å². The maximum Gasteiger partial charge on any atom is 0.220 e. The van der Waals surface area contributed by atoms with E-state index in [4.69, 9.17) is 0 Å². The topological polar surface area (TPSA) is 41.1 Å². The van der Waals surface area contributed by atoms with E-state index in [2.05, 4.69) is 24.5 Å². The smallest absolute Gasteiger partial charge is 0.220 e. The Morgan fingerprint density at radius 2 is 1.95 bits per heavy atom. The molecule has 0 aromatic rings. The average molecular weight is 266 g/mol. The molecule has 2 rings (SSSR count). The molecule has 2 fully saturated rings. The van der Waals surface area contributed by atoms with Crippen LogP contribution in [0.15, 0.2) is 0 Å². The maximum absolute atomic E-state index is 12.1. The highest BCUT2D eigenvalue weighted by molar-refractivity contribution is 5.76. The molecule has 0 aromatic carbocycles. The average Bonchev–Trinajstić information content (AvgIpc) is 2.40. The molecule has 1 aliphatic carbocycles. The lowest BCUT2D eigenvalue weighted by Crippen LogP contribution is -2.46. The fourth-order valence-corrected chi connectivity index (χ4v) is 3.53. The number of rotatable bonds is 4. The fourth-order valence-electron chi connectivity index (χ4n) is 3.53. The molecular weight excluding hydrogens is 236 g/mol. The molecule has 0 aromatic heterocycles. The second kappa shape index (κ2) is 6.74. The van der Waals surface area contributed by atoms with E-state index in [-0.39, 0.29) is 11.3 Å². The predicted molar refractivity (Wildman–Crippen MR) is 79.0 cm³/mol. The molecule has 1 saturated heterocycles. The van der Waals surface area contributed by atoms with Crippen molar-refractivity contribution in [1.82, 2.24) is 10.6 Å². The van der Waals surface area contributed by atoms with Gasteiger partial charge in [0.05, 0.1) is 0 Å². The Kier molecular flexibility index (Phi) is 5.26. The SMILES string of the molecule is CC1(C)CCCCC1NC(=O)CCC1CCNCC1. The summed E-state index contributed by atoms with van der Waals surface area (Å²) in [5, 5.41) is 6.67. The fraction of sp³-hybridized carbons (Fsp3) is 0.938. The Morgan fingerprint density at radius 3 is 2.63 bits per heavy atom. The predicted octanol–water partition coefficient (Wildman–Crippen LogP) is 2.85. The summed E-state index contributed by atoms with van der Waals surface area (Å²) in [6.45, 7) is 6.84. The molecular formula is C16H30N2O. The van der Waals surface area contributed by atoms with Gasteiger partial charge < -0.3 is 10.6 Å². The van der Waals surface area contributed by atoms with E-state index >= 15 is 0 Å². The van der Waals surface area contributed by atoms with Crippen molar-refractivity contribution in [3.05, 3.63) is 0 Å². The summed E-state index contributed by atoms with van der Waals surface area (Å²) in [6, 6.07) is 0.391. The molecule has 0 bridgehead atoms. The molecule has 3 heteroatoms. The Balaban J connectivity index is 1.71. The second-order valence-corrected chi connectivity index (χ2v) is 7.09. The monoisotopic (exact) mass is 266 g/mol. The molecule has 1 unspecified atom stereocenters. The van der Waals surface area contributed by atoms with Gasteiger partial charge in [-0.3, -0.25) is 4.79 Å². The van der Waals surface area contributed by atoms with E-state index in [9.17, 15) is 4.79 Å². The third-order valence-electron chi connectivity index (χ3n) is 5.08. The van der Waals surface area contributed by atoms with Crippen LogP contribution in [0, 0.1) is 11.3 Å². The minimum absolute atomic E-state index is 0.276. The molecule has 1 saturated carbocycles. The van der Waals surface area contributed by atoms with Gasteiger partial charge in [0, 0.05) is 12.5 Å². The molecule has 1 heterocycles. The number of hydrogen-bond donors (Lipinski definition) is 2. The summed E-state index contributed by atoms with van der Waals surface area (Å²) in [6.07, 6.45) is 9.25. The van der Waals surface area contributed by atoms with Crippen molar-refractivity contribution in [1.29, 1.82) is 0 Å². The van der Waals surface area contributed by atoms with E-state index in [0.29, 0.717) is 6.04 Å². The molecule has 2 aliphatic rings. The van der Waals surface area contributed by atoms with Gasteiger partial charge in [0.2, 0.25) is 5.91 Å². The molecule has 0 radical (unpaired) electrons. The van der Waals surface area contributed by atoms with Crippen LogP contribution in [0.2, 0.25) is 0 Å². The summed E-state index contributed by atoms with van der Waals surface area (Å²) < 4.78 is 0. The first-order valence-corrected chi connectivity index (χ1v) is 8.08. The minimum Gasteiger partial charge on any atom is -0.353 e. The molecule has 19 heavy (non-hydrogen) atoms. The van der Waals surface area contributed by atoms with Crippen LogP contribution in [0.4, 0.5) is 0 Å². The van der Waals surface area contributed by atoms with Crippen LogP contribution >= 0.6 is 0 Å². The van der Waals surface area contributed by atoms with Crippen LogP contribution in [0.25, 0.3) is 0 Å². The van der Waals surface area contributed by atoms with Gasteiger partial charge in [0.15, 0.2) is 0 Å². The molecule has 2 N–H and O–H groups in total. The summed E-state index contributed by atoms with van der Waals surface area (Å²) in [7, 11) is 0. The number of nitrogens with one attached hydrogen (secondary N) is 2. The lowest BCUT2D eigenvalue weighted by atomic mass is 9.73. The van der Waals surface area contributed by atoms with Crippen molar-refractivity contribution in [2.75, 3.05) is 13.1 Å². The number of amides is 1. The highest BCUT2D eigenvalue weighted by atomic mass is 16.1. The maximum atomic E-state index is 12.1. The van der Waals surface area contributed by atoms with Crippen LogP contribution in [-0.4, -0.2) is 25.0 Å². The third-order valence-corrected chi connectivity index (χ3v) is 5.08. The van der Waals surface area contributed by atoms with Crippen LogP contribution in [0.3, 0.4) is 0 Å². The van der Waals surface area contributed by atoms with Crippen LogP contribution in [0.5, 0.6) is 0 Å². The quantitative estimate of drug-likeness (QED) is 0.821. The van der Waals surface area contributed by atoms with E-state index < -0.39 is 0 Å². The molecule has 1 atom stereocenters. The van der Waals surface area contributed by atoms with E-state index in [1.165, 1.54) is 32.1 Å². The normalized spacial score (nSPS) is 28.0. The van der Waals surface area contributed by atoms with Crippen LogP contribution < -0.4 is 10.6 Å². The Bertz CT molecular complexity index is 295. The molecule has 1 aliphatic heterocycles. The zero-order valence-electron chi connectivity index (χ0n) is 12.6. The van der Waals surface area contributed by atoms with Crippen molar-refractivity contribution in [3.8, 4) is 0 Å². The van der Waals surface area contributed by atoms with Crippen molar-refractivity contribution < 1.29 is 4.79 Å². The van der Waals surface area contributed by atoms with Crippen molar-refractivity contribution in [2.45, 2.75) is 71.3 Å². The number of hydrogen-bond acceptors (Lipinski definition) is 2. The first-order chi connectivity index (χ1) is 9.08. The largest absolute Gasteiger partial charge is 0.353 e. The summed E-state index contributed by atoms with van der Waals surface area (Å²) >= 11 is 0. The van der Waals surface area contributed by atoms with Crippen molar-refractivity contribution >= 4 is 5.91 Å².